The zero-order valence-electron chi connectivity index (χ0n) is 13.2. The molecule has 120 valence electrons. The number of aryl methyl sites for hydroxylation is 1. The summed E-state index contributed by atoms with van der Waals surface area (Å²) in [6, 6.07) is 5.04. The van der Waals surface area contributed by atoms with Crippen LogP contribution in [0.15, 0.2) is 30.7 Å². The van der Waals surface area contributed by atoms with Gasteiger partial charge in [0.15, 0.2) is 5.82 Å². The lowest BCUT2D eigenvalue weighted by atomic mass is 9.91. The fourth-order valence-electron chi connectivity index (χ4n) is 3.50. The van der Waals surface area contributed by atoms with Crippen molar-refractivity contribution < 1.29 is 0 Å². The Morgan fingerprint density at radius 3 is 2.87 bits per heavy atom. The van der Waals surface area contributed by atoms with Gasteiger partial charge in [0.2, 0.25) is 0 Å². The maximum atomic E-state index is 4.83. The third-order valence-corrected chi connectivity index (χ3v) is 5.81. The summed E-state index contributed by atoms with van der Waals surface area (Å²) in [5, 5.41) is 3.87. The van der Waals surface area contributed by atoms with Crippen molar-refractivity contribution in [3.63, 3.8) is 0 Å². The first-order valence-electron chi connectivity index (χ1n) is 8.50. The third-order valence-electron chi connectivity index (χ3n) is 4.76. The average Bonchev–Trinajstić information content (AvgIpc) is 2.63. The largest absolute Gasteiger partial charge is 0.307 e. The molecule has 4 rings (SSSR count). The van der Waals surface area contributed by atoms with Gasteiger partial charge in [-0.2, -0.15) is 11.8 Å². The van der Waals surface area contributed by atoms with E-state index >= 15 is 0 Å². The van der Waals surface area contributed by atoms with Crippen LogP contribution in [0.2, 0.25) is 0 Å². The van der Waals surface area contributed by atoms with E-state index in [2.05, 4.69) is 27.0 Å². The normalized spacial score (nSPS) is 21.8. The number of pyridine rings is 1. The van der Waals surface area contributed by atoms with Crippen LogP contribution < -0.4 is 5.32 Å². The zero-order chi connectivity index (χ0) is 15.5. The maximum absolute atomic E-state index is 4.83. The van der Waals surface area contributed by atoms with Crippen LogP contribution in [-0.4, -0.2) is 32.5 Å². The minimum absolute atomic E-state index is 0.426. The Kier molecular flexibility index (Phi) is 4.57. The second-order valence-corrected chi connectivity index (χ2v) is 7.56. The molecule has 1 fully saturated rings. The van der Waals surface area contributed by atoms with E-state index < -0.39 is 0 Å². The SMILES string of the molecule is c1cncc(-c2ncc3c(n2)CCC[C@@H]3NC2CCSCC2)c1. The summed E-state index contributed by atoms with van der Waals surface area (Å²) in [7, 11) is 0. The molecule has 0 radical (unpaired) electrons. The van der Waals surface area contributed by atoms with Gasteiger partial charge in [0.25, 0.3) is 0 Å². The van der Waals surface area contributed by atoms with E-state index in [-0.39, 0.29) is 0 Å². The highest BCUT2D eigenvalue weighted by atomic mass is 32.2. The van der Waals surface area contributed by atoms with E-state index in [1.807, 2.05) is 24.5 Å². The van der Waals surface area contributed by atoms with Gasteiger partial charge in [-0.3, -0.25) is 4.98 Å². The Bertz CT molecular complexity index is 655. The Morgan fingerprint density at radius 2 is 2.04 bits per heavy atom. The standard InChI is InChI=1S/C18H22N4S/c1-4-16(21-14-6-9-23-10-7-14)15-12-20-18(22-17(15)5-1)13-3-2-8-19-11-13/h2-3,8,11-12,14,16,21H,1,4-7,9-10H2/t16-/m0/s1. The van der Waals surface area contributed by atoms with E-state index in [0.717, 1.165) is 17.8 Å². The van der Waals surface area contributed by atoms with Gasteiger partial charge in [0, 0.05) is 47.5 Å². The van der Waals surface area contributed by atoms with Crippen molar-refractivity contribution in [2.45, 2.75) is 44.2 Å². The highest BCUT2D eigenvalue weighted by molar-refractivity contribution is 7.99. The van der Waals surface area contributed by atoms with Crippen LogP contribution in [0.3, 0.4) is 0 Å². The fourth-order valence-corrected chi connectivity index (χ4v) is 4.61. The molecule has 23 heavy (non-hydrogen) atoms. The summed E-state index contributed by atoms with van der Waals surface area (Å²) in [4.78, 5) is 13.6. The number of nitrogens with zero attached hydrogens (tertiary/aromatic N) is 3. The Labute approximate surface area is 141 Å². The van der Waals surface area contributed by atoms with Crippen molar-refractivity contribution in [2.75, 3.05) is 11.5 Å². The van der Waals surface area contributed by atoms with Gasteiger partial charge in [0.05, 0.1) is 0 Å². The Morgan fingerprint density at radius 1 is 1.13 bits per heavy atom. The number of fused-ring (bicyclic) bond motifs is 1. The lowest BCUT2D eigenvalue weighted by Gasteiger charge is -2.31. The monoisotopic (exact) mass is 326 g/mol. The summed E-state index contributed by atoms with van der Waals surface area (Å²) in [6.07, 6.45) is 11.7. The molecule has 4 nitrogen and oxygen atoms in total. The van der Waals surface area contributed by atoms with Crippen LogP contribution >= 0.6 is 11.8 Å². The summed E-state index contributed by atoms with van der Waals surface area (Å²) < 4.78 is 0. The molecule has 5 heteroatoms. The molecular formula is C18H22N4S. The molecule has 0 unspecified atom stereocenters. The second kappa shape index (κ2) is 6.97. The maximum Gasteiger partial charge on any atom is 0.160 e. The number of thioether (sulfide) groups is 1. The van der Waals surface area contributed by atoms with Crippen molar-refractivity contribution >= 4 is 11.8 Å². The molecule has 1 aliphatic carbocycles. The van der Waals surface area contributed by atoms with Crippen molar-refractivity contribution in [1.82, 2.24) is 20.3 Å². The van der Waals surface area contributed by atoms with E-state index in [9.17, 15) is 0 Å². The molecule has 2 aliphatic rings. The molecular weight excluding hydrogens is 304 g/mol. The molecule has 0 saturated carbocycles. The number of nitrogens with one attached hydrogen (secondary N) is 1. The summed E-state index contributed by atoms with van der Waals surface area (Å²) in [5.74, 6) is 3.37. The number of hydrogen-bond acceptors (Lipinski definition) is 5. The smallest absolute Gasteiger partial charge is 0.160 e. The first-order valence-corrected chi connectivity index (χ1v) is 9.65. The Hall–Kier alpha value is -1.46. The van der Waals surface area contributed by atoms with Gasteiger partial charge < -0.3 is 5.32 Å². The zero-order valence-corrected chi connectivity index (χ0v) is 14.1. The second-order valence-electron chi connectivity index (χ2n) is 6.34. The lowest BCUT2D eigenvalue weighted by Crippen LogP contribution is -2.37. The summed E-state index contributed by atoms with van der Waals surface area (Å²) >= 11 is 2.08. The van der Waals surface area contributed by atoms with Crippen molar-refractivity contribution in [2.24, 2.45) is 0 Å². The van der Waals surface area contributed by atoms with E-state index in [4.69, 9.17) is 4.98 Å². The molecule has 0 amide bonds. The minimum Gasteiger partial charge on any atom is -0.307 e. The highest BCUT2D eigenvalue weighted by Gasteiger charge is 2.25. The van der Waals surface area contributed by atoms with Gasteiger partial charge in [0.1, 0.15) is 0 Å². The topological polar surface area (TPSA) is 50.7 Å². The molecule has 0 bridgehead atoms. The van der Waals surface area contributed by atoms with Crippen LogP contribution in [0.5, 0.6) is 0 Å². The van der Waals surface area contributed by atoms with E-state index in [1.165, 1.54) is 48.4 Å². The van der Waals surface area contributed by atoms with E-state index in [1.54, 1.807) is 6.20 Å². The first kappa shape index (κ1) is 15.1. The predicted octanol–water partition coefficient (Wildman–Crippen LogP) is 3.40. The number of hydrogen-bond donors (Lipinski definition) is 1. The molecule has 1 aliphatic heterocycles. The molecule has 0 aromatic carbocycles. The van der Waals surface area contributed by atoms with Crippen LogP contribution in [0, 0.1) is 0 Å². The molecule has 1 atom stereocenters. The van der Waals surface area contributed by atoms with Gasteiger partial charge >= 0.3 is 0 Å². The first-order chi connectivity index (χ1) is 11.4. The van der Waals surface area contributed by atoms with Crippen LogP contribution in [-0.2, 0) is 6.42 Å². The van der Waals surface area contributed by atoms with Gasteiger partial charge in [-0.25, -0.2) is 9.97 Å². The number of rotatable bonds is 3. The minimum atomic E-state index is 0.426. The van der Waals surface area contributed by atoms with Gasteiger partial charge in [-0.15, -0.1) is 0 Å². The summed E-state index contributed by atoms with van der Waals surface area (Å²) in [6.45, 7) is 0. The highest BCUT2D eigenvalue weighted by Crippen LogP contribution is 2.31. The Balaban J connectivity index is 1.56. The molecule has 2 aromatic rings. The molecule has 3 heterocycles. The molecule has 1 N–H and O–H groups in total. The lowest BCUT2D eigenvalue weighted by molar-refractivity contribution is 0.375. The quantitative estimate of drug-likeness (QED) is 0.937. The molecule has 0 spiro atoms. The third kappa shape index (κ3) is 3.40. The van der Waals surface area contributed by atoms with Gasteiger partial charge in [-0.05, 0) is 55.7 Å². The van der Waals surface area contributed by atoms with Crippen molar-refractivity contribution in [1.29, 1.82) is 0 Å². The van der Waals surface area contributed by atoms with Crippen molar-refractivity contribution in [3.05, 3.63) is 42.0 Å². The van der Waals surface area contributed by atoms with Crippen molar-refractivity contribution in [3.8, 4) is 11.4 Å². The average molecular weight is 326 g/mol. The van der Waals surface area contributed by atoms with Crippen LogP contribution in [0.4, 0.5) is 0 Å². The molecule has 2 aromatic heterocycles. The summed E-state index contributed by atoms with van der Waals surface area (Å²) in [5.41, 5.74) is 3.52. The van der Waals surface area contributed by atoms with E-state index in [0.29, 0.717) is 12.1 Å². The van der Waals surface area contributed by atoms with Crippen LogP contribution in [0.1, 0.15) is 43.0 Å². The molecule has 1 saturated heterocycles. The fraction of sp³-hybridized carbons (Fsp3) is 0.500. The van der Waals surface area contributed by atoms with Gasteiger partial charge in [-0.1, -0.05) is 0 Å². The number of aromatic nitrogens is 3. The predicted molar refractivity (Wildman–Crippen MR) is 94.4 cm³/mol. The van der Waals surface area contributed by atoms with Crippen LogP contribution in [0.25, 0.3) is 11.4 Å².